The number of piperidine rings is 1. The van der Waals surface area contributed by atoms with Gasteiger partial charge in [-0.15, -0.1) is 0 Å². The molecule has 1 saturated heterocycles. The van der Waals surface area contributed by atoms with Crippen molar-refractivity contribution in [2.75, 3.05) is 32.7 Å². The van der Waals surface area contributed by atoms with Crippen molar-refractivity contribution in [2.24, 2.45) is 5.41 Å². The Kier molecular flexibility index (Phi) is 8.31. The average molecular weight is 296 g/mol. The standard InChI is InChI=1S/C18H36N2O/c1-5-6-14-20(17(21)16-18(2,3)4)15-10-13-19-11-8-7-9-12-19/h5-16H2,1-4H3. The molecule has 0 aromatic heterocycles. The van der Waals surface area contributed by atoms with E-state index in [0.29, 0.717) is 12.3 Å². The molecule has 0 bridgehead atoms. The van der Waals surface area contributed by atoms with Crippen molar-refractivity contribution in [3.05, 3.63) is 0 Å². The molecule has 3 nitrogen and oxygen atoms in total. The number of carbonyl (C=O) groups excluding carboxylic acids is 1. The quantitative estimate of drug-likeness (QED) is 0.677. The molecule has 1 fully saturated rings. The molecule has 1 aliphatic rings. The Labute approximate surface area is 132 Å². The van der Waals surface area contributed by atoms with Gasteiger partial charge in [-0.25, -0.2) is 0 Å². The predicted octanol–water partition coefficient (Wildman–Crippen LogP) is 3.93. The molecule has 0 aromatic carbocycles. The molecule has 124 valence electrons. The van der Waals surface area contributed by atoms with Crippen LogP contribution >= 0.6 is 0 Å². The summed E-state index contributed by atoms with van der Waals surface area (Å²) < 4.78 is 0. The summed E-state index contributed by atoms with van der Waals surface area (Å²) in [5, 5.41) is 0. The van der Waals surface area contributed by atoms with Crippen molar-refractivity contribution in [3.63, 3.8) is 0 Å². The zero-order valence-corrected chi connectivity index (χ0v) is 14.8. The van der Waals surface area contributed by atoms with Crippen molar-refractivity contribution in [1.82, 2.24) is 9.80 Å². The van der Waals surface area contributed by atoms with E-state index in [-0.39, 0.29) is 5.41 Å². The van der Waals surface area contributed by atoms with Gasteiger partial charge in [0.15, 0.2) is 0 Å². The number of unbranched alkanes of at least 4 members (excludes halogenated alkanes) is 1. The maximum atomic E-state index is 12.5. The van der Waals surface area contributed by atoms with Gasteiger partial charge in [0.1, 0.15) is 0 Å². The lowest BCUT2D eigenvalue weighted by Crippen LogP contribution is -2.37. The van der Waals surface area contributed by atoms with Gasteiger partial charge in [0.05, 0.1) is 0 Å². The van der Waals surface area contributed by atoms with Crippen molar-refractivity contribution in [3.8, 4) is 0 Å². The summed E-state index contributed by atoms with van der Waals surface area (Å²) in [6, 6.07) is 0. The van der Waals surface area contributed by atoms with Crippen LogP contribution in [0.3, 0.4) is 0 Å². The minimum Gasteiger partial charge on any atom is -0.343 e. The Hall–Kier alpha value is -0.570. The maximum absolute atomic E-state index is 12.5. The highest BCUT2D eigenvalue weighted by molar-refractivity contribution is 5.76. The monoisotopic (exact) mass is 296 g/mol. The Bertz CT molecular complexity index is 290. The van der Waals surface area contributed by atoms with Gasteiger partial charge in [-0.1, -0.05) is 40.5 Å². The van der Waals surface area contributed by atoms with E-state index in [1.165, 1.54) is 32.4 Å². The van der Waals surface area contributed by atoms with Crippen LogP contribution in [0.1, 0.15) is 72.6 Å². The van der Waals surface area contributed by atoms with Crippen LogP contribution < -0.4 is 0 Å². The number of nitrogens with zero attached hydrogens (tertiary/aromatic N) is 2. The summed E-state index contributed by atoms with van der Waals surface area (Å²) in [7, 11) is 0. The van der Waals surface area contributed by atoms with E-state index in [9.17, 15) is 4.79 Å². The number of carbonyl (C=O) groups is 1. The van der Waals surface area contributed by atoms with Gasteiger partial charge in [0, 0.05) is 19.5 Å². The number of rotatable bonds is 8. The first kappa shape index (κ1) is 18.5. The van der Waals surface area contributed by atoms with Crippen molar-refractivity contribution in [1.29, 1.82) is 0 Å². The third-order valence-electron chi connectivity index (χ3n) is 4.17. The maximum Gasteiger partial charge on any atom is 0.223 e. The normalized spacial score (nSPS) is 17.0. The summed E-state index contributed by atoms with van der Waals surface area (Å²) in [4.78, 5) is 17.1. The summed E-state index contributed by atoms with van der Waals surface area (Å²) in [5.74, 6) is 0.342. The van der Waals surface area contributed by atoms with Crippen LogP contribution in [-0.4, -0.2) is 48.4 Å². The molecule has 1 heterocycles. The van der Waals surface area contributed by atoms with E-state index in [1.54, 1.807) is 0 Å². The molecule has 1 aliphatic heterocycles. The highest BCUT2D eigenvalue weighted by Crippen LogP contribution is 2.20. The molecule has 21 heavy (non-hydrogen) atoms. The van der Waals surface area contributed by atoms with Gasteiger partial charge in [-0.05, 0) is 50.7 Å². The minimum atomic E-state index is 0.0917. The van der Waals surface area contributed by atoms with Crippen LogP contribution in [0.4, 0.5) is 0 Å². The van der Waals surface area contributed by atoms with Gasteiger partial charge < -0.3 is 9.80 Å². The molecule has 0 aromatic rings. The molecule has 0 unspecified atom stereocenters. The van der Waals surface area contributed by atoms with E-state index >= 15 is 0 Å². The second kappa shape index (κ2) is 9.45. The van der Waals surface area contributed by atoms with Gasteiger partial charge >= 0.3 is 0 Å². The topological polar surface area (TPSA) is 23.6 Å². The van der Waals surface area contributed by atoms with Crippen molar-refractivity contribution in [2.45, 2.75) is 72.6 Å². The fraction of sp³-hybridized carbons (Fsp3) is 0.944. The molecular weight excluding hydrogens is 260 g/mol. The molecule has 3 heteroatoms. The zero-order chi connectivity index (χ0) is 15.7. The third kappa shape index (κ3) is 8.45. The van der Waals surface area contributed by atoms with E-state index in [1.807, 2.05) is 0 Å². The lowest BCUT2D eigenvalue weighted by Gasteiger charge is -2.29. The number of amides is 1. The van der Waals surface area contributed by atoms with Crippen LogP contribution in [0.2, 0.25) is 0 Å². The van der Waals surface area contributed by atoms with Crippen molar-refractivity contribution >= 4 is 5.91 Å². The van der Waals surface area contributed by atoms with Gasteiger partial charge in [0.25, 0.3) is 0 Å². The number of hydrogen-bond donors (Lipinski definition) is 0. The number of hydrogen-bond acceptors (Lipinski definition) is 2. The Morgan fingerprint density at radius 3 is 2.24 bits per heavy atom. The summed E-state index contributed by atoms with van der Waals surface area (Å²) in [6.07, 6.45) is 8.17. The molecule has 0 spiro atoms. The largest absolute Gasteiger partial charge is 0.343 e. The lowest BCUT2D eigenvalue weighted by atomic mass is 9.91. The molecule has 0 aliphatic carbocycles. The Morgan fingerprint density at radius 2 is 1.67 bits per heavy atom. The van der Waals surface area contributed by atoms with Crippen LogP contribution in [0.25, 0.3) is 0 Å². The first-order chi connectivity index (χ1) is 9.92. The molecule has 1 amide bonds. The molecule has 0 saturated carbocycles. The summed E-state index contributed by atoms with van der Waals surface area (Å²) >= 11 is 0. The highest BCUT2D eigenvalue weighted by Gasteiger charge is 2.21. The number of likely N-dealkylation sites (tertiary alicyclic amines) is 1. The molecule has 0 atom stereocenters. The molecule has 1 rings (SSSR count). The van der Waals surface area contributed by atoms with Crippen LogP contribution in [0.5, 0.6) is 0 Å². The van der Waals surface area contributed by atoms with Crippen LogP contribution in [0.15, 0.2) is 0 Å². The smallest absolute Gasteiger partial charge is 0.223 e. The average Bonchev–Trinajstić information content (AvgIpc) is 2.41. The summed E-state index contributed by atoms with van der Waals surface area (Å²) in [6.45, 7) is 14.2. The van der Waals surface area contributed by atoms with Gasteiger partial charge in [-0.2, -0.15) is 0 Å². The molecule has 0 N–H and O–H groups in total. The Morgan fingerprint density at radius 1 is 1.05 bits per heavy atom. The second-order valence-corrected chi connectivity index (χ2v) is 7.73. The van der Waals surface area contributed by atoms with Crippen LogP contribution in [0, 0.1) is 5.41 Å². The van der Waals surface area contributed by atoms with Gasteiger partial charge in [-0.3, -0.25) is 4.79 Å². The lowest BCUT2D eigenvalue weighted by molar-refractivity contribution is -0.133. The first-order valence-corrected chi connectivity index (χ1v) is 8.92. The Balaban J connectivity index is 2.35. The third-order valence-corrected chi connectivity index (χ3v) is 4.17. The molecular formula is C18H36N2O. The predicted molar refractivity (Wildman–Crippen MR) is 90.5 cm³/mol. The van der Waals surface area contributed by atoms with Gasteiger partial charge in [0.2, 0.25) is 5.91 Å². The minimum absolute atomic E-state index is 0.0917. The zero-order valence-electron chi connectivity index (χ0n) is 14.8. The fourth-order valence-electron chi connectivity index (χ4n) is 2.94. The summed E-state index contributed by atoms with van der Waals surface area (Å²) in [5.41, 5.74) is 0.0917. The molecule has 0 radical (unpaired) electrons. The SMILES string of the molecule is CCCCN(CCCN1CCCCC1)C(=O)CC(C)(C)C. The van der Waals surface area contributed by atoms with E-state index in [2.05, 4.69) is 37.5 Å². The first-order valence-electron chi connectivity index (χ1n) is 8.92. The van der Waals surface area contributed by atoms with E-state index < -0.39 is 0 Å². The van der Waals surface area contributed by atoms with Crippen LogP contribution in [-0.2, 0) is 4.79 Å². The van der Waals surface area contributed by atoms with Crippen molar-refractivity contribution < 1.29 is 4.79 Å². The second-order valence-electron chi connectivity index (χ2n) is 7.73. The van der Waals surface area contributed by atoms with E-state index in [0.717, 1.165) is 38.9 Å². The highest BCUT2D eigenvalue weighted by atomic mass is 16.2. The fourth-order valence-corrected chi connectivity index (χ4v) is 2.94. The van der Waals surface area contributed by atoms with E-state index in [4.69, 9.17) is 0 Å².